The van der Waals surface area contributed by atoms with Gasteiger partial charge in [0.25, 0.3) is 0 Å². The lowest BCUT2D eigenvalue weighted by atomic mass is 10.2. The minimum atomic E-state index is 0.668. The second-order valence-electron chi connectivity index (χ2n) is 2.90. The van der Waals surface area contributed by atoms with E-state index in [9.17, 15) is 0 Å². The average molecular weight is 177 g/mol. The van der Waals surface area contributed by atoms with Crippen molar-refractivity contribution in [3.8, 4) is 0 Å². The predicted octanol–water partition coefficient (Wildman–Crippen LogP) is 3.08. The van der Waals surface area contributed by atoms with Crippen LogP contribution in [0.25, 0.3) is 0 Å². The third-order valence-corrected chi connectivity index (χ3v) is 1.64. The van der Waals surface area contributed by atoms with Gasteiger partial charge in [-0.25, -0.2) is 4.99 Å². The molecule has 0 saturated heterocycles. The molecule has 0 radical (unpaired) electrons. The molecule has 2 nitrogen and oxygen atoms in total. The molecule has 2 heteroatoms. The van der Waals surface area contributed by atoms with Crippen molar-refractivity contribution in [3.05, 3.63) is 29.8 Å². The SMILES string of the molecule is CCOC(C)=Nc1cccc(C)c1. The zero-order valence-electron chi connectivity index (χ0n) is 8.37. The van der Waals surface area contributed by atoms with Crippen molar-refractivity contribution < 1.29 is 4.74 Å². The highest BCUT2D eigenvalue weighted by molar-refractivity contribution is 5.76. The number of nitrogens with zero attached hydrogens (tertiary/aromatic N) is 1. The molecule has 0 aliphatic rings. The molecule has 0 aliphatic heterocycles. The molecule has 0 heterocycles. The van der Waals surface area contributed by atoms with E-state index in [-0.39, 0.29) is 0 Å². The van der Waals surface area contributed by atoms with Gasteiger partial charge in [0.15, 0.2) is 5.90 Å². The van der Waals surface area contributed by atoms with E-state index < -0.39 is 0 Å². The van der Waals surface area contributed by atoms with Crippen molar-refractivity contribution >= 4 is 11.6 Å². The highest BCUT2D eigenvalue weighted by Crippen LogP contribution is 2.13. The second-order valence-corrected chi connectivity index (χ2v) is 2.90. The lowest BCUT2D eigenvalue weighted by Crippen LogP contribution is -1.97. The molecular weight excluding hydrogens is 162 g/mol. The Labute approximate surface area is 79.3 Å². The Bertz CT molecular complexity index is 305. The minimum Gasteiger partial charge on any atom is -0.481 e. The Morgan fingerprint density at radius 2 is 2.23 bits per heavy atom. The molecule has 0 aliphatic carbocycles. The summed E-state index contributed by atoms with van der Waals surface area (Å²) in [7, 11) is 0. The van der Waals surface area contributed by atoms with Gasteiger partial charge in [0.2, 0.25) is 0 Å². The third kappa shape index (κ3) is 3.28. The monoisotopic (exact) mass is 177 g/mol. The number of benzene rings is 1. The Kier molecular flexibility index (Phi) is 3.50. The summed E-state index contributed by atoms with van der Waals surface area (Å²) in [6.07, 6.45) is 0. The molecule has 0 spiro atoms. The zero-order chi connectivity index (χ0) is 9.68. The summed E-state index contributed by atoms with van der Waals surface area (Å²) in [6, 6.07) is 8.04. The summed E-state index contributed by atoms with van der Waals surface area (Å²) in [6.45, 7) is 6.54. The first-order chi connectivity index (χ1) is 6.22. The molecule has 0 amide bonds. The molecule has 0 bridgehead atoms. The number of aliphatic imine (C=N–C) groups is 1. The summed E-state index contributed by atoms with van der Waals surface area (Å²) >= 11 is 0. The summed E-state index contributed by atoms with van der Waals surface area (Å²) in [5, 5.41) is 0. The molecule has 70 valence electrons. The molecule has 0 fully saturated rings. The van der Waals surface area contributed by atoms with Crippen LogP contribution in [0.15, 0.2) is 29.3 Å². The first kappa shape index (κ1) is 9.78. The van der Waals surface area contributed by atoms with Crippen LogP contribution in [0.1, 0.15) is 19.4 Å². The van der Waals surface area contributed by atoms with Gasteiger partial charge in [-0.3, -0.25) is 0 Å². The zero-order valence-corrected chi connectivity index (χ0v) is 8.37. The molecule has 0 atom stereocenters. The topological polar surface area (TPSA) is 21.6 Å². The molecule has 1 rings (SSSR count). The van der Waals surface area contributed by atoms with Gasteiger partial charge in [-0.1, -0.05) is 12.1 Å². The number of hydrogen-bond acceptors (Lipinski definition) is 2. The Balaban J connectivity index is 2.78. The molecule has 0 N–H and O–H groups in total. The van der Waals surface area contributed by atoms with Gasteiger partial charge in [-0.15, -0.1) is 0 Å². The molecule has 1 aromatic carbocycles. The van der Waals surface area contributed by atoms with Crippen molar-refractivity contribution in [2.45, 2.75) is 20.8 Å². The maximum absolute atomic E-state index is 5.24. The molecule has 13 heavy (non-hydrogen) atoms. The molecule has 0 saturated carbocycles. The fourth-order valence-electron chi connectivity index (χ4n) is 1.12. The van der Waals surface area contributed by atoms with E-state index in [1.54, 1.807) is 0 Å². The summed E-state index contributed by atoms with van der Waals surface area (Å²) < 4.78 is 5.24. The number of ether oxygens (including phenoxy) is 1. The van der Waals surface area contributed by atoms with Gasteiger partial charge in [0.1, 0.15) is 0 Å². The molecule has 0 unspecified atom stereocenters. The predicted molar refractivity (Wildman–Crippen MR) is 55.6 cm³/mol. The lowest BCUT2D eigenvalue weighted by Gasteiger charge is -2.01. The fourth-order valence-corrected chi connectivity index (χ4v) is 1.12. The van der Waals surface area contributed by atoms with Gasteiger partial charge < -0.3 is 4.74 Å². The normalized spacial score (nSPS) is 11.5. The van der Waals surface area contributed by atoms with Gasteiger partial charge in [0, 0.05) is 6.92 Å². The number of rotatable bonds is 2. The molecular formula is C11H15NO. The van der Waals surface area contributed by atoms with Crippen molar-refractivity contribution in [2.75, 3.05) is 6.61 Å². The van der Waals surface area contributed by atoms with Crippen LogP contribution in [-0.4, -0.2) is 12.5 Å². The van der Waals surface area contributed by atoms with Crippen LogP contribution in [-0.2, 0) is 4.74 Å². The first-order valence-electron chi connectivity index (χ1n) is 4.47. The van der Waals surface area contributed by atoms with Crippen LogP contribution in [0.2, 0.25) is 0 Å². The van der Waals surface area contributed by atoms with Gasteiger partial charge in [-0.05, 0) is 31.5 Å². The minimum absolute atomic E-state index is 0.668. The Hall–Kier alpha value is -1.31. The van der Waals surface area contributed by atoms with E-state index in [0.717, 1.165) is 5.69 Å². The maximum atomic E-state index is 5.24. The summed E-state index contributed by atoms with van der Waals surface area (Å²) in [4.78, 5) is 4.30. The van der Waals surface area contributed by atoms with E-state index in [2.05, 4.69) is 18.0 Å². The van der Waals surface area contributed by atoms with Crippen molar-refractivity contribution in [2.24, 2.45) is 4.99 Å². The molecule has 1 aromatic rings. The van der Waals surface area contributed by atoms with Crippen molar-refractivity contribution in [1.29, 1.82) is 0 Å². The average Bonchev–Trinajstić information content (AvgIpc) is 2.04. The standard InChI is InChI=1S/C11H15NO/c1-4-13-10(3)12-11-7-5-6-9(2)8-11/h5-8H,4H2,1-3H3. The Morgan fingerprint density at radius 1 is 1.46 bits per heavy atom. The fraction of sp³-hybridized carbons (Fsp3) is 0.364. The first-order valence-corrected chi connectivity index (χ1v) is 4.47. The van der Waals surface area contributed by atoms with E-state index in [1.165, 1.54) is 5.56 Å². The van der Waals surface area contributed by atoms with Crippen LogP contribution in [0.5, 0.6) is 0 Å². The van der Waals surface area contributed by atoms with Crippen LogP contribution in [0.4, 0.5) is 5.69 Å². The van der Waals surface area contributed by atoms with Gasteiger partial charge in [0.05, 0.1) is 12.3 Å². The van der Waals surface area contributed by atoms with E-state index >= 15 is 0 Å². The van der Waals surface area contributed by atoms with Crippen LogP contribution in [0, 0.1) is 6.92 Å². The Morgan fingerprint density at radius 3 is 2.85 bits per heavy atom. The van der Waals surface area contributed by atoms with Crippen molar-refractivity contribution in [3.63, 3.8) is 0 Å². The van der Waals surface area contributed by atoms with Crippen molar-refractivity contribution in [1.82, 2.24) is 0 Å². The second kappa shape index (κ2) is 4.65. The quantitative estimate of drug-likeness (QED) is 0.502. The van der Waals surface area contributed by atoms with E-state index in [1.807, 2.05) is 32.0 Å². The highest BCUT2D eigenvalue weighted by Gasteiger charge is 1.92. The largest absolute Gasteiger partial charge is 0.481 e. The summed E-state index contributed by atoms with van der Waals surface area (Å²) in [5.41, 5.74) is 2.16. The van der Waals surface area contributed by atoms with Gasteiger partial charge >= 0.3 is 0 Å². The van der Waals surface area contributed by atoms with E-state index in [0.29, 0.717) is 12.5 Å². The smallest absolute Gasteiger partial charge is 0.185 e. The van der Waals surface area contributed by atoms with Crippen LogP contribution in [0.3, 0.4) is 0 Å². The lowest BCUT2D eigenvalue weighted by molar-refractivity contribution is 0.325. The van der Waals surface area contributed by atoms with Gasteiger partial charge in [-0.2, -0.15) is 0 Å². The molecule has 0 aromatic heterocycles. The van der Waals surface area contributed by atoms with E-state index in [4.69, 9.17) is 4.74 Å². The summed E-state index contributed by atoms with van der Waals surface area (Å²) in [5.74, 6) is 0.716. The van der Waals surface area contributed by atoms with Crippen LogP contribution < -0.4 is 0 Å². The maximum Gasteiger partial charge on any atom is 0.185 e. The number of aryl methyl sites for hydroxylation is 1. The number of hydrogen-bond donors (Lipinski definition) is 0. The third-order valence-electron chi connectivity index (χ3n) is 1.64. The highest BCUT2D eigenvalue weighted by atomic mass is 16.5. The van der Waals surface area contributed by atoms with Crippen LogP contribution >= 0.6 is 0 Å².